The summed E-state index contributed by atoms with van der Waals surface area (Å²) in [6.45, 7) is 1.87. The largest absolute Gasteiger partial charge is 0.364 e. The molecular weight excluding hydrogens is 291 g/mol. The minimum atomic E-state index is -0.427. The fraction of sp³-hybridized carbons (Fsp3) is 0.182. The van der Waals surface area contributed by atoms with Crippen molar-refractivity contribution in [2.24, 2.45) is 12.8 Å². The molecule has 84 valence electrons. The van der Waals surface area contributed by atoms with E-state index in [1.807, 2.05) is 26.1 Å². The molecule has 0 radical (unpaired) electrons. The second kappa shape index (κ2) is 3.79. The molecule has 1 amide bonds. The number of amides is 1. The van der Waals surface area contributed by atoms with Gasteiger partial charge in [0.05, 0.1) is 5.02 Å². The summed E-state index contributed by atoms with van der Waals surface area (Å²) in [6, 6.07) is 3.72. The third-order valence-electron chi connectivity index (χ3n) is 2.73. The van der Waals surface area contributed by atoms with Crippen LogP contribution in [0.15, 0.2) is 16.6 Å². The molecule has 0 aliphatic heterocycles. The fourth-order valence-corrected chi connectivity index (χ4v) is 2.46. The van der Waals surface area contributed by atoms with E-state index in [9.17, 15) is 4.79 Å². The van der Waals surface area contributed by atoms with Gasteiger partial charge in [-0.05, 0) is 40.5 Å². The van der Waals surface area contributed by atoms with Crippen LogP contribution < -0.4 is 5.73 Å². The van der Waals surface area contributed by atoms with Crippen molar-refractivity contribution in [3.8, 4) is 0 Å². The molecule has 0 bridgehead atoms. The summed E-state index contributed by atoms with van der Waals surface area (Å²) in [5.41, 5.74) is 7.66. The fourth-order valence-electron chi connectivity index (χ4n) is 1.96. The van der Waals surface area contributed by atoms with Gasteiger partial charge in [0.1, 0.15) is 5.69 Å². The van der Waals surface area contributed by atoms with Crippen molar-refractivity contribution in [1.82, 2.24) is 4.57 Å². The second-order valence-corrected chi connectivity index (χ2v) is 4.94. The number of aromatic nitrogens is 1. The SMILES string of the molecule is Cc1c(C(N)=O)n(C)c2cc(Br)c(Cl)cc12. The molecule has 3 nitrogen and oxygen atoms in total. The highest BCUT2D eigenvalue weighted by molar-refractivity contribution is 9.10. The number of rotatable bonds is 1. The van der Waals surface area contributed by atoms with Crippen LogP contribution in [0, 0.1) is 6.92 Å². The Balaban J connectivity index is 2.94. The minimum Gasteiger partial charge on any atom is -0.364 e. The summed E-state index contributed by atoms with van der Waals surface area (Å²) >= 11 is 9.39. The van der Waals surface area contributed by atoms with Gasteiger partial charge < -0.3 is 10.3 Å². The summed E-state index contributed by atoms with van der Waals surface area (Å²) in [6.07, 6.45) is 0. The highest BCUT2D eigenvalue weighted by atomic mass is 79.9. The van der Waals surface area contributed by atoms with E-state index in [-0.39, 0.29) is 0 Å². The first-order valence-corrected chi connectivity index (χ1v) is 5.84. The van der Waals surface area contributed by atoms with E-state index in [1.165, 1.54) is 0 Å². The summed E-state index contributed by atoms with van der Waals surface area (Å²) in [7, 11) is 1.82. The third-order valence-corrected chi connectivity index (χ3v) is 3.93. The van der Waals surface area contributed by atoms with Gasteiger partial charge in [-0.2, -0.15) is 0 Å². The molecule has 0 aliphatic rings. The lowest BCUT2D eigenvalue weighted by molar-refractivity contribution is 0.0992. The molecule has 0 unspecified atom stereocenters. The standard InChI is InChI=1S/C11H10BrClN2O/c1-5-6-3-8(13)7(12)4-9(6)15(2)10(5)11(14)16/h3-4H,1-2H3,(H2,14,16). The number of halogens is 2. The van der Waals surface area contributed by atoms with Gasteiger partial charge in [0.25, 0.3) is 5.91 Å². The molecule has 0 atom stereocenters. The molecule has 2 rings (SSSR count). The molecule has 0 saturated carbocycles. The van der Waals surface area contributed by atoms with Crippen LogP contribution in [0.3, 0.4) is 0 Å². The van der Waals surface area contributed by atoms with Gasteiger partial charge in [0.2, 0.25) is 0 Å². The van der Waals surface area contributed by atoms with Crippen molar-refractivity contribution in [3.05, 3.63) is 32.9 Å². The molecule has 0 fully saturated rings. The summed E-state index contributed by atoms with van der Waals surface area (Å²) < 4.78 is 2.59. The van der Waals surface area contributed by atoms with Gasteiger partial charge in [-0.25, -0.2) is 0 Å². The zero-order valence-corrected chi connectivity index (χ0v) is 11.2. The van der Waals surface area contributed by atoms with Gasteiger partial charge in [-0.1, -0.05) is 11.6 Å². The van der Waals surface area contributed by atoms with Crippen molar-refractivity contribution in [2.75, 3.05) is 0 Å². The number of fused-ring (bicyclic) bond motifs is 1. The maximum Gasteiger partial charge on any atom is 0.265 e. The molecule has 1 aromatic heterocycles. The van der Waals surface area contributed by atoms with E-state index in [0.29, 0.717) is 10.7 Å². The number of carbonyl (C=O) groups is 1. The van der Waals surface area contributed by atoms with Crippen molar-refractivity contribution in [1.29, 1.82) is 0 Å². The van der Waals surface area contributed by atoms with Crippen LogP contribution in [-0.4, -0.2) is 10.5 Å². The molecule has 0 saturated heterocycles. The Labute approximate surface area is 106 Å². The summed E-state index contributed by atoms with van der Waals surface area (Å²) in [4.78, 5) is 11.3. The molecule has 0 aliphatic carbocycles. The van der Waals surface area contributed by atoms with Gasteiger partial charge in [0.15, 0.2) is 0 Å². The van der Waals surface area contributed by atoms with Crippen molar-refractivity contribution < 1.29 is 4.79 Å². The minimum absolute atomic E-state index is 0.427. The quantitative estimate of drug-likeness (QED) is 0.865. The zero-order chi connectivity index (χ0) is 12.0. The number of benzene rings is 1. The molecule has 16 heavy (non-hydrogen) atoms. The number of primary amides is 1. The highest BCUT2D eigenvalue weighted by Crippen LogP contribution is 2.32. The van der Waals surface area contributed by atoms with Crippen molar-refractivity contribution in [2.45, 2.75) is 6.92 Å². The third kappa shape index (κ3) is 1.53. The van der Waals surface area contributed by atoms with E-state index in [2.05, 4.69) is 15.9 Å². The van der Waals surface area contributed by atoms with Crippen LogP contribution >= 0.6 is 27.5 Å². The first-order chi connectivity index (χ1) is 7.43. The van der Waals surface area contributed by atoms with Crippen LogP contribution in [0.5, 0.6) is 0 Å². The predicted molar refractivity (Wildman–Crippen MR) is 68.9 cm³/mol. The average Bonchev–Trinajstić information content (AvgIpc) is 2.41. The average molecular weight is 302 g/mol. The normalized spacial score (nSPS) is 11.0. The Morgan fingerprint density at radius 3 is 2.69 bits per heavy atom. The lowest BCUT2D eigenvalue weighted by Gasteiger charge is -2.01. The predicted octanol–water partition coefficient (Wildman–Crippen LogP) is 3.00. The topological polar surface area (TPSA) is 48.0 Å². The van der Waals surface area contributed by atoms with E-state index in [0.717, 1.165) is 20.9 Å². The number of nitrogens with two attached hydrogens (primary N) is 1. The Morgan fingerprint density at radius 1 is 1.50 bits per heavy atom. The zero-order valence-electron chi connectivity index (χ0n) is 8.84. The number of hydrogen-bond donors (Lipinski definition) is 1. The Morgan fingerprint density at radius 2 is 2.12 bits per heavy atom. The van der Waals surface area contributed by atoms with Crippen LogP contribution in [-0.2, 0) is 7.05 Å². The number of hydrogen-bond acceptors (Lipinski definition) is 1. The summed E-state index contributed by atoms with van der Waals surface area (Å²) in [5, 5.41) is 1.57. The number of aryl methyl sites for hydroxylation is 2. The molecule has 5 heteroatoms. The monoisotopic (exact) mass is 300 g/mol. The second-order valence-electron chi connectivity index (χ2n) is 3.68. The molecular formula is C11H10BrClN2O. The molecule has 0 spiro atoms. The van der Waals surface area contributed by atoms with Gasteiger partial charge in [-0.3, -0.25) is 4.79 Å². The molecule has 1 aromatic carbocycles. The highest BCUT2D eigenvalue weighted by Gasteiger charge is 2.16. The Hall–Kier alpha value is -1.000. The van der Waals surface area contributed by atoms with Gasteiger partial charge in [0, 0.05) is 22.4 Å². The van der Waals surface area contributed by atoms with Crippen molar-refractivity contribution >= 4 is 44.3 Å². The van der Waals surface area contributed by atoms with Gasteiger partial charge in [-0.15, -0.1) is 0 Å². The molecule has 1 heterocycles. The molecule has 2 N–H and O–H groups in total. The van der Waals surface area contributed by atoms with Crippen LogP contribution in [0.4, 0.5) is 0 Å². The Kier molecular flexibility index (Phi) is 2.72. The Bertz CT molecular complexity index is 559. The first kappa shape index (κ1) is 11.5. The van der Waals surface area contributed by atoms with Crippen LogP contribution in [0.25, 0.3) is 10.9 Å². The smallest absolute Gasteiger partial charge is 0.265 e. The maximum atomic E-state index is 11.3. The molecule has 2 aromatic rings. The maximum absolute atomic E-state index is 11.3. The summed E-state index contributed by atoms with van der Waals surface area (Å²) in [5.74, 6) is -0.427. The van der Waals surface area contributed by atoms with E-state index >= 15 is 0 Å². The lowest BCUT2D eigenvalue weighted by atomic mass is 10.1. The van der Waals surface area contributed by atoms with Crippen LogP contribution in [0.2, 0.25) is 5.02 Å². The van der Waals surface area contributed by atoms with E-state index in [1.54, 1.807) is 4.57 Å². The van der Waals surface area contributed by atoms with E-state index < -0.39 is 5.91 Å². The van der Waals surface area contributed by atoms with E-state index in [4.69, 9.17) is 17.3 Å². The first-order valence-electron chi connectivity index (χ1n) is 4.67. The lowest BCUT2D eigenvalue weighted by Crippen LogP contribution is -2.16. The number of nitrogens with zero attached hydrogens (tertiary/aromatic N) is 1. The number of carbonyl (C=O) groups excluding carboxylic acids is 1. The van der Waals surface area contributed by atoms with Crippen molar-refractivity contribution in [3.63, 3.8) is 0 Å². The van der Waals surface area contributed by atoms with Crippen LogP contribution in [0.1, 0.15) is 16.1 Å². The van der Waals surface area contributed by atoms with Gasteiger partial charge >= 0.3 is 0 Å².